The molecule has 23 heavy (non-hydrogen) atoms. The number of benzene rings is 1. The van der Waals surface area contributed by atoms with Crippen LogP contribution < -0.4 is 5.32 Å². The summed E-state index contributed by atoms with van der Waals surface area (Å²) in [5.74, 6) is 0.260. The van der Waals surface area contributed by atoms with Gasteiger partial charge in [0.05, 0.1) is 16.3 Å². The number of halogens is 1. The Morgan fingerprint density at radius 2 is 2.13 bits per heavy atom. The number of thioether (sulfide) groups is 1. The third kappa shape index (κ3) is 3.38. The highest BCUT2D eigenvalue weighted by Crippen LogP contribution is 2.25. The van der Waals surface area contributed by atoms with Crippen molar-refractivity contribution in [2.45, 2.75) is 4.90 Å². The minimum atomic E-state index is -0.285. The van der Waals surface area contributed by atoms with Crippen LogP contribution in [-0.4, -0.2) is 26.9 Å². The summed E-state index contributed by atoms with van der Waals surface area (Å²) in [6.07, 6.45) is 7.01. The molecule has 0 radical (unpaired) electrons. The summed E-state index contributed by atoms with van der Waals surface area (Å²) >= 11 is 7.70. The maximum Gasteiger partial charge on any atom is 0.257 e. The van der Waals surface area contributed by atoms with Gasteiger partial charge in [0.1, 0.15) is 0 Å². The highest BCUT2D eigenvalue weighted by molar-refractivity contribution is 7.98. The van der Waals surface area contributed by atoms with Gasteiger partial charge in [0.15, 0.2) is 5.82 Å². The number of carbonyl (C=O) groups excluding carboxylic acids is 1. The summed E-state index contributed by atoms with van der Waals surface area (Å²) in [4.78, 5) is 17.8. The average molecular weight is 345 g/mol. The second-order valence-electron chi connectivity index (χ2n) is 4.63. The Hall–Kier alpha value is -2.31. The number of rotatable bonds is 4. The lowest BCUT2D eigenvalue weighted by molar-refractivity contribution is 0.102. The molecule has 0 bridgehead atoms. The minimum Gasteiger partial charge on any atom is -0.319 e. The van der Waals surface area contributed by atoms with Gasteiger partial charge in [0, 0.05) is 23.5 Å². The van der Waals surface area contributed by atoms with Crippen LogP contribution in [0.5, 0.6) is 0 Å². The predicted molar refractivity (Wildman–Crippen MR) is 92.5 cm³/mol. The number of hydrogen-bond acceptors (Lipinski definition) is 4. The number of anilines is 1. The number of carbonyl (C=O) groups is 1. The molecule has 2 heterocycles. The molecule has 2 aromatic heterocycles. The first-order chi connectivity index (χ1) is 11.2. The summed E-state index contributed by atoms with van der Waals surface area (Å²) in [6, 6.07) is 10.7. The number of hydrogen-bond donors (Lipinski definition) is 1. The fourth-order valence-electron chi connectivity index (χ4n) is 2.07. The zero-order valence-corrected chi connectivity index (χ0v) is 13.8. The SMILES string of the molecule is CSc1ccc(Cl)c(C(=O)Nc2cccnc2-n2cccn2)c1. The summed E-state index contributed by atoms with van der Waals surface area (Å²) in [7, 11) is 0. The molecule has 116 valence electrons. The standard InChI is InChI=1S/C16H13ClN4OS/c1-23-11-5-6-13(17)12(10-11)16(22)20-14-4-2-7-18-15(14)21-9-3-8-19-21/h2-10H,1H3,(H,20,22). The van der Waals surface area contributed by atoms with Gasteiger partial charge in [-0.25, -0.2) is 9.67 Å². The second kappa shape index (κ2) is 6.85. The van der Waals surface area contributed by atoms with Gasteiger partial charge in [-0.05, 0) is 42.7 Å². The molecule has 0 aliphatic carbocycles. The molecular formula is C16H13ClN4OS. The molecule has 0 aliphatic heterocycles. The van der Waals surface area contributed by atoms with E-state index in [9.17, 15) is 4.79 Å². The van der Waals surface area contributed by atoms with Gasteiger partial charge >= 0.3 is 0 Å². The topological polar surface area (TPSA) is 59.8 Å². The van der Waals surface area contributed by atoms with E-state index in [1.54, 1.807) is 65.4 Å². The van der Waals surface area contributed by atoms with Crippen LogP contribution in [0.25, 0.3) is 5.82 Å². The van der Waals surface area contributed by atoms with Crippen LogP contribution in [0.4, 0.5) is 5.69 Å². The zero-order chi connectivity index (χ0) is 16.2. The lowest BCUT2D eigenvalue weighted by Gasteiger charge is -2.11. The third-order valence-corrected chi connectivity index (χ3v) is 4.23. The number of pyridine rings is 1. The summed E-state index contributed by atoms with van der Waals surface area (Å²) < 4.78 is 1.59. The summed E-state index contributed by atoms with van der Waals surface area (Å²) in [6.45, 7) is 0. The van der Waals surface area contributed by atoms with Gasteiger partial charge in [0.25, 0.3) is 5.91 Å². The Kier molecular flexibility index (Phi) is 4.64. The van der Waals surface area contributed by atoms with Crippen LogP contribution in [0.2, 0.25) is 5.02 Å². The molecule has 3 aromatic rings. The van der Waals surface area contributed by atoms with Crippen LogP contribution in [0.15, 0.2) is 59.9 Å². The largest absolute Gasteiger partial charge is 0.319 e. The molecule has 1 amide bonds. The number of aromatic nitrogens is 3. The van der Waals surface area contributed by atoms with E-state index in [4.69, 9.17) is 11.6 Å². The van der Waals surface area contributed by atoms with Gasteiger partial charge in [-0.3, -0.25) is 4.79 Å². The van der Waals surface area contributed by atoms with Crippen molar-refractivity contribution in [3.63, 3.8) is 0 Å². The smallest absolute Gasteiger partial charge is 0.257 e. The molecule has 5 nitrogen and oxygen atoms in total. The van der Waals surface area contributed by atoms with E-state index in [0.29, 0.717) is 22.1 Å². The Morgan fingerprint density at radius 1 is 1.26 bits per heavy atom. The molecule has 0 atom stereocenters. The number of nitrogens with zero attached hydrogens (tertiary/aromatic N) is 3. The molecule has 1 N–H and O–H groups in total. The van der Waals surface area contributed by atoms with Crippen molar-refractivity contribution < 1.29 is 4.79 Å². The first-order valence-electron chi connectivity index (χ1n) is 6.79. The fraction of sp³-hybridized carbons (Fsp3) is 0.0625. The summed E-state index contributed by atoms with van der Waals surface area (Å²) in [5.41, 5.74) is 0.987. The second-order valence-corrected chi connectivity index (χ2v) is 5.91. The van der Waals surface area contributed by atoms with Crippen molar-refractivity contribution >= 4 is 35.0 Å². The average Bonchev–Trinajstić information content (AvgIpc) is 3.10. The van der Waals surface area contributed by atoms with E-state index in [1.165, 1.54) is 0 Å². The molecule has 0 spiro atoms. The van der Waals surface area contributed by atoms with Crippen molar-refractivity contribution in [1.29, 1.82) is 0 Å². The molecular weight excluding hydrogens is 332 g/mol. The predicted octanol–water partition coefficient (Wildman–Crippen LogP) is 3.89. The van der Waals surface area contributed by atoms with E-state index in [0.717, 1.165) is 4.90 Å². The van der Waals surface area contributed by atoms with E-state index < -0.39 is 0 Å². The third-order valence-electron chi connectivity index (χ3n) is 3.17. The highest BCUT2D eigenvalue weighted by atomic mass is 35.5. The van der Waals surface area contributed by atoms with E-state index in [-0.39, 0.29) is 5.91 Å². The molecule has 0 fully saturated rings. The van der Waals surface area contributed by atoms with Crippen molar-refractivity contribution in [3.05, 3.63) is 65.6 Å². The number of amides is 1. The van der Waals surface area contributed by atoms with Gasteiger partial charge in [-0.2, -0.15) is 5.10 Å². The molecule has 0 aliphatic rings. The monoisotopic (exact) mass is 344 g/mol. The minimum absolute atomic E-state index is 0.285. The Balaban J connectivity index is 1.93. The lowest BCUT2D eigenvalue weighted by Crippen LogP contribution is -2.15. The Morgan fingerprint density at radius 3 is 2.87 bits per heavy atom. The zero-order valence-electron chi connectivity index (χ0n) is 12.2. The normalized spacial score (nSPS) is 10.5. The lowest BCUT2D eigenvalue weighted by atomic mass is 10.2. The molecule has 0 saturated heterocycles. The van der Waals surface area contributed by atoms with E-state index in [1.807, 2.05) is 12.3 Å². The van der Waals surface area contributed by atoms with Gasteiger partial charge < -0.3 is 5.32 Å². The first kappa shape index (κ1) is 15.6. The van der Waals surface area contributed by atoms with Crippen molar-refractivity contribution in [2.75, 3.05) is 11.6 Å². The van der Waals surface area contributed by atoms with Crippen LogP contribution in [-0.2, 0) is 0 Å². The van der Waals surface area contributed by atoms with Crippen molar-refractivity contribution in [3.8, 4) is 5.82 Å². The highest BCUT2D eigenvalue weighted by Gasteiger charge is 2.14. The first-order valence-corrected chi connectivity index (χ1v) is 8.39. The van der Waals surface area contributed by atoms with Crippen molar-refractivity contribution in [1.82, 2.24) is 14.8 Å². The van der Waals surface area contributed by atoms with Crippen LogP contribution >= 0.6 is 23.4 Å². The quantitative estimate of drug-likeness (QED) is 0.729. The van der Waals surface area contributed by atoms with Gasteiger partial charge in [-0.1, -0.05) is 11.6 Å². The van der Waals surface area contributed by atoms with Gasteiger partial charge in [0.2, 0.25) is 0 Å². The van der Waals surface area contributed by atoms with Gasteiger partial charge in [-0.15, -0.1) is 11.8 Å². The molecule has 3 rings (SSSR count). The maximum atomic E-state index is 12.6. The fourth-order valence-corrected chi connectivity index (χ4v) is 2.71. The Bertz CT molecular complexity index is 836. The van der Waals surface area contributed by atoms with Crippen LogP contribution in [0.3, 0.4) is 0 Å². The van der Waals surface area contributed by atoms with Crippen LogP contribution in [0, 0.1) is 0 Å². The molecule has 1 aromatic carbocycles. The molecule has 7 heteroatoms. The maximum absolute atomic E-state index is 12.6. The Labute approximate surface area is 142 Å². The summed E-state index contributed by atoms with van der Waals surface area (Å²) in [5, 5.41) is 7.40. The number of nitrogens with one attached hydrogen (secondary N) is 1. The van der Waals surface area contributed by atoms with E-state index >= 15 is 0 Å². The van der Waals surface area contributed by atoms with E-state index in [2.05, 4.69) is 15.4 Å². The van der Waals surface area contributed by atoms with Crippen LogP contribution in [0.1, 0.15) is 10.4 Å². The molecule has 0 saturated carbocycles. The van der Waals surface area contributed by atoms with Crippen molar-refractivity contribution in [2.24, 2.45) is 0 Å². The molecule has 0 unspecified atom stereocenters.